The second-order valence-electron chi connectivity index (χ2n) is 7.20. The fraction of sp³-hybridized carbons (Fsp3) is 0. The third-order valence-electron chi connectivity index (χ3n) is 4.88. The summed E-state index contributed by atoms with van der Waals surface area (Å²) < 4.78 is 0. The van der Waals surface area contributed by atoms with E-state index in [1.54, 1.807) is 0 Å². The number of rotatable bonds is 5. The van der Waals surface area contributed by atoms with Crippen molar-refractivity contribution in [3.63, 3.8) is 0 Å². The van der Waals surface area contributed by atoms with Crippen LogP contribution in [0, 0.1) is 0 Å². The largest absolute Gasteiger partial charge is 4.00 e. The van der Waals surface area contributed by atoms with Crippen LogP contribution in [-0.4, -0.2) is 0 Å². The summed E-state index contributed by atoms with van der Waals surface area (Å²) in [5, 5.41) is 6.99. The quantitative estimate of drug-likeness (QED) is 0.217. The van der Waals surface area contributed by atoms with Crippen molar-refractivity contribution in [2.45, 2.75) is 0 Å². The Bertz CT molecular complexity index is 1060. The predicted octanol–water partition coefficient (Wildman–Crippen LogP) is 3.32. The van der Waals surface area contributed by atoms with Crippen molar-refractivity contribution in [3.05, 3.63) is 152 Å². The first-order valence-electron chi connectivity index (χ1n) is 10.7. The maximum absolute atomic E-state index is 2.23. The molecule has 0 nitrogen and oxygen atoms in total. The molecule has 0 aliphatic rings. The van der Waals surface area contributed by atoms with Crippen molar-refractivity contribution in [1.82, 2.24) is 0 Å². The van der Waals surface area contributed by atoms with Gasteiger partial charge in [-0.1, -0.05) is 160 Å². The SMILES string of the molecule is [H-].[H-].[H-].[H-].[H-].[K+].[Ru+4].c1ccc(P(c2ccccc2)c2ccccc2)cc1.c1ccc(Pc2ccccc2)cc1. The minimum absolute atomic E-state index is 0. The van der Waals surface area contributed by atoms with E-state index in [-0.39, 0.29) is 78.0 Å². The molecule has 5 aromatic carbocycles. The molecular formula is C30H31KP2Ru. The van der Waals surface area contributed by atoms with Crippen LogP contribution in [0.25, 0.3) is 0 Å². The number of hydrogen-bond acceptors (Lipinski definition) is 0. The van der Waals surface area contributed by atoms with Crippen LogP contribution in [0.4, 0.5) is 0 Å². The van der Waals surface area contributed by atoms with Crippen molar-refractivity contribution in [3.8, 4) is 0 Å². The molecule has 0 aliphatic carbocycles. The van der Waals surface area contributed by atoms with Crippen molar-refractivity contribution in [2.24, 2.45) is 0 Å². The van der Waals surface area contributed by atoms with Gasteiger partial charge in [-0.05, 0) is 34.4 Å². The van der Waals surface area contributed by atoms with E-state index in [1.807, 2.05) is 0 Å². The van der Waals surface area contributed by atoms with Gasteiger partial charge in [-0.2, -0.15) is 0 Å². The van der Waals surface area contributed by atoms with Gasteiger partial charge in [-0.3, -0.25) is 0 Å². The van der Waals surface area contributed by atoms with Crippen LogP contribution in [-0.2, 0) is 19.5 Å². The molecule has 0 aliphatic heterocycles. The zero-order chi connectivity index (χ0) is 21.8. The van der Waals surface area contributed by atoms with Crippen LogP contribution in [0.15, 0.2) is 152 Å². The second-order valence-corrected chi connectivity index (χ2v) is 10.8. The monoisotopic (exact) mass is 594 g/mol. The van der Waals surface area contributed by atoms with Gasteiger partial charge < -0.3 is 7.13 Å². The molecule has 0 N–H and O–H groups in total. The Morgan fingerprint density at radius 3 is 0.882 bits per heavy atom. The minimum atomic E-state index is -0.446. The van der Waals surface area contributed by atoms with Crippen LogP contribution < -0.4 is 77.9 Å². The van der Waals surface area contributed by atoms with Gasteiger partial charge >= 0.3 is 70.9 Å². The fourth-order valence-corrected chi connectivity index (χ4v) is 6.74. The van der Waals surface area contributed by atoms with E-state index in [1.165, 1.54) is 26.5 Å². The van der Waals surface area contributed by atoms with Gasteiger partial charge in [0.2, 0.25) is 0 Å². The van der Waals surface area contributed by atoms with Gasteiger partial charge in [-0.25, -0.2) is 0 Å². The Morgan fingerprint density at radius 2 is 0.618 bits per heavy atom. The molecule has 0 amide bonds. The van der Waals surface area contributed by atoms with E-state index in [0.717, 1.165) is 8.58 Å². The van der Waals surface area contributed by atoms with Gasteiger partial charge in [0.05, 0.1) is 0 Å². The van der Waals surface area contributed by atoms with Crippen molar-refractivity contribution in [1.29, 1.82) is 0 Å². The molecule has 0 saturated heterocycles. The van der Waals surface area contributed by atoms with Gasteiger partial charge in [0, 0.05) is 0 Å². The summed E-state index contributed by atoms with van der Waals surface area (Å²) in [5.41, 5.74) is 0. The van der Waals surface area contributed by atoms with Crippen LogP contribution >= 0.6 is 16.5 Å². The Hall–Kier alpha value is -0.780. The average molecular weight is 594 g/mol. The first-order chi connectivity index (χ1) is 15.9. The maximum atomic E-state index is 2.23. The van der Waals surface area contributed by atoms with E-state index in [0.29, 0.717) is 0 Å². The molecule has 0 saturated carbocycles. The molecule has 170 valence electrons. The Kier molecular flexibility index (Phi) is 14.6. The maximum Gasteiger partial charge on any atom is 4.00 e. The van der Waals surface area contributed by atoms with Crippen LogP contribution in [0.5, 0.6) is 0 Å². The molecule has 4 heteroatoms. The molecule has 34 heavy (non-hydrogen) atoms. The van der Waals surface area contributed by atoms with Gasteiger partial charge in [0.1, 0.15) is 0 Å². The summed E-state index contributed by atoms with van der Waals surface area (Å²) in [6.45, 7) is 0. The molecule has 0 heterocycles. The molecule has 0 unspecified atom stereocenters. The smallest absolute Gasteiger partial charge is 1.00 e. The topological polar surface area (TPSA) is 0 Å². The van der Waals surface area contributed by atoms with Crippen LogP contribution in [0.3, 0.4) is 0 Å². The predicted molar refractivity (Wildman–Crippen MR) is 151 cm³/mol. The third kappa shape index (κ3) is 9.35. The summed E-state index contributed by atoms with van der Waals surface area (Å²) in [6.07, 6.45) is 0. The summed E-state index contributed by atoms with van der Waals surface area (Å²) in [4.78, 5) is 0. The zero-order valence-electron chi connectivity index (χ0n) is 24.2. The Balaban J connectivity index is -0.000000278. The van der Waals surface area contributed by atoms with Crippen LogP contribution in [0.1, 0.15) is 7.13 Å². The van der Waals surface area contributed by atoms with Crippen molar-refractivity contribution in [2.75, 3.05) is 0 Å². The second kappa shape index (κ2) is 16.8. The number of benzene rings is 5. The van der Waals surface area contributed by atoms with Crippen molar-refractivity contribution < 1.29 is 78.0 Å². The van der Waals surface area contributed by atoms with E-state index in [9.17, 15) is 0 Å². The normalized spacial score (nSPS) is 9.68. The molecule has 0 bridgehead atoms. The molecule has 5 rings (SSSR count). The van der Waals surface area contributed by atoms with E-state index in [4.69, 9.17) is 0 Å². The molecular weight excluding hydrogens is 562 g/mol. The van der Waals surface area contributed by atoms with Gasteiger partial charge in [0.15, 0.2) is 0 Å². The van der Waals surface area contributed by atoms with Gasteiger partial charge in [0.25, 0.3) is 0 Å². The summed E-state index contributed by atoms with van der Waals surface area (Å²) in [5.74, 6) is 0. The molecule has 0 radical (unpaired) electrons. The average Bonchev–Trinajstić information content (AvgIpc) is 2.88. The van der Waals surface area contributed by atoms with Crippen molar-refractivity contribution >= 4 is 43.0 Å². The van der Waals surface area contributed by atoms with E-state index < -0.39 is 7.92 Å². The standard InChI is InChI=1S/C18H15P.C12H11P.K.Ru.5H/c1-4-10-16(11-5-1)19(17-12-6-2-7-13-17)18-14-8-3-9-15-18;1-3-7-11(8-4-1)13-12-9-5-2-6-10-12;;;;;;;/h1-15H;1-10,13H;;;;;;;/q;;+1;+4;5*-1. The van der Waals surface area contributed by atoms with Gasteiger partial charge in [-0.15, -0.1) is 0 Å². The molecule has 0 atom stereocenters. The number of hydrogen-bond donors (Lipinski definition) is 0. The summed E-state index contributed by atoms with van der Waals surface area (Å²) in [6, 6.07) is 53.5. The Labute approximate surface area is 269 Å². The molecule has 0 spiro atoms. The molecule has 0 aromatic heterocycles. The summed E-state index contributed by atoms with van der Waals surface area (Å²) >= 11 is 0. The molecule has 0 fully saturated rings. The van der Waals surface area contributed by atoms with E-state index in [2.05, 4.69) is 152 Å². The molecule has 5 aromatic rings. The third-order valence-corrected chi connectivity index (χ3v) is 8.57. The Morgan fingerprint density at radius 1 is 0.382 bits per heavy atom. The minimum Gasteiger partial charge on any atom is -1.00 e. The summed E-state index contributed by atoms with van der Waals surface area (Å²) in [7, 11) is 0.331. The fourth-order valence-electron chi connectivity index (χ4n) is 3.39. The van der Waals surface area contributed by atoms with E-state index >= 15 is 0 Å². The zero-order valence-corrected chi connectivity index (χ0v) is 26.0. The first-order valence-corrected chi connectivity index (χ1v) is 13.1. The first kappa shape index (κ1) is 29.5. The van der Waals surface area contributed by atoms with Crippen LogP contribution in [0.2, 0.25) is 0 Å².